The van der Waals surface area contributed by atoms with E-state index in [2.05, 4.69) is 17.0 Å². The van der Waals surface area contributed by atoms with Gasteiger partial charge in [0.25, 0.3) is 0 Å². The lowest BCUT2D eigenvalue weighted by Gasteiger charge is -2.38. The number of carbonyl (C=O) groups excluding carboxylic acids is 1. The van der Waals surface area contributed by atoms with Gasteiger partial charge in [-0.05, 0) is 18.1 Å². The highest BCUT2D eigenvalue weighted by molar-refractivity contribution is 5.76. The summed E-state index contributed by atoms with van der Waals surface area (Å²) in [5, 5.41) is 0. The van der Waals surface area contributed by atoms with Gasteiger partial charge in [-0.1, -0.05) is 60.7 Å². The highest BCUT2D eigenvalue weighted by Gasteiger charge is 2.36. The average molecular weight is 325 g/mol. The third-order valence-electron chi connectivity index (χ3n) is 4.29. The Kier molecular flexibility index (Phi) is 5.62. The first-order valence-electron chi connectivity index (χ1n) is 8.34. The van der Waals surface area contributed by atoms with E-state index in [0.29, 0.717) is 13.2 Å². The monoisotopic (exact) mass is 325 g/mol. The molecule has 0 radical (unpaired) electrons. The van der Waals surface area contributed by atoms with Crippen LogP contribution in [0.4, 0.5) is 0 Å². The van der Waals surface area contributed by atoms with Crippen LogP contribution < -0.4 is 0 Å². The van der Waals surface area contributed by atoms with Crippen molar-refractivity contribution in [1.29, 1.82) is 0 Å². The van der Waals surface area contributed by atoms with Crippen molar-refractivity contribution in [3.05, 3.63) is 71.8 Å². The van der Waals surface area contributed by atoms with Gasteiger partial charge in [-0.25, -0.2) is 0 Å². The van der Waals surface area contributed by atoms with Crippen LogP contribution in [0.3, 0.4) is 0 Å². The van der Waals surface area contributed by atoms with Crippen molar-refractivity contribution >= 4 is 5.97 Å². The van der Waals surface area contributed by atoms with E-state index in [1.165, 1.54) is 5.56 Å². The van der Waals surface area contributed by atoms with E-state index >= 15 is 0 Å². The number of carbonyl (C=O) groups is 1. The van der Waals surface area contributed by atoms with Gasteiger partial charge >= 0.3 is 5.97 Å². The standard InChI is InChI=1S/C20H23NO3/c1-16-19(20(22)24-15-18-10-6-3-7-11-18)21(12-13-23-16)14-17-8-4-2-5-9-17/h2-11,16,19H,12-15H2,1H3/t16-,19?/m1/s1. The minimum atomic E-state index is -0.373. The zero-order valence-electron chi connectivity index (χ0n) is 13.9. The number of morpholine rings is 1. The predicted octanol–water partition coefficient (Wildman–Crippen LogP) is 3.02. The molecule has 0 aliphatic carbocycles. The normalized spacial score (nSPS) is 21.4. The predicted molar refractivity (Wildman–Crippen MR) is 92.3 cm³/mol. The number of nitrogens with zero attached hydrogens (tertiary/aromatic N) is 1. The molecule has 1 unspecified atom stereocenters. The van der Waals surface area contributed by atoms with Crippen LogP contribution in [-0.2, 0) is 27.4 Å². The largest absolute Gasteiger partial charge is 0.460 e. The molecule has 1 saturated heterocycles. The van der Waals surface area contributed by atoms with E-state index in [1.54, 1.807) is 0 Å². The van der Waals surface area contributed by atoms with Gasteiger partial charge in [-0.2, -0.15) is 0 Å². The third-order valence-corrected chi connectivity index (χ3v) is 4.29. The van der Waals surface area contributed by atoms with Crippen molar-refractivity contribution in [3.8, 4) is 0 Å². The van der Waals surface area contributed by atoms with E-state index in [9.17, 15) is 4.79 Å². The fourth-order valence-electron chi connectivity index (χ4n) is 3.03. The molecule has 0 saturated carbocycles. The second-order valence-corrected chi connectivity index (χ2v) is 6.07. The molecule has 4 heteroatoms. The smallest absolute Gasteiger partial charge is 0.326 e. The van der Waals surface area contributed by atoms with Crippen LogP contribution >= 0.6 is 0 Å². The van der Waals surface area contributed by atoms with Gasteiger partial charge < -0.3 is 9.47 Å². The van der Waals surface area contributed by atoms with Gasteiger partial charge in [0.15, 0.2) is 0 Å². The Morgan fingerprint density at radius 1 is 1.08 bits per heavy atom. The molecule has 24 heavy (non-hydrogen) atoms. The van der Waals surface area contributed by atoms with Gasteiger partial charge in [0.05, 0.1) is 12.7 Å². The molecule has 0 bridgehead atoms. The highest BCUT2D eigenvalue weighted by atomic mass is 16.5. The number of rotatable bonds is 5. The van der Waals surface area contributed by atoms with E-state index in [0.717, 1.165) is 18.7 Å². The summed E-state index contributed by atoms with van der Waals surface area (Å²) < 4.78 is 11.2. The van der Waals surface area contributed by atoms with Gasteiger partial charge in [-0.15, -0.1) is 0 Å². The van der Waals surface area contributed by atoms with Gasteiger partial charge in [0.1, 0.15) is 12.6 Å². The van der Waals surface area contributed by atoms with Crippen molar-refractivity contribution in [2.24, 2.45) is 0 Å². The van der Waals surface area contributed by atoms with Crippen molar-refractivity contribution in [2.75, 3.05) is 13.2 Å². The lowest BCUT2D eigenvalue weighted by molar-refractivity contribution is -0.164. The Labute approximate surface area is 143 Å². The fraction of sp³-hybridized carbons (Fsp3) is 0.350. The first-order valence-corrected chi connectivity index (χ1v) is 8.34. The van der Waals surface area contributed by atoms with Crippen LogP contribution in [0.2, 0.25) is 0 Å². The summed E-state index contributed by atoms with van der Waals surface area (Å²) in [6, 6.07) is 19.5. The molecule has 1 aliphatic heterocycles. The molecule has 1 aliphatic rings. The second-order valence-electron chi connectivity index (χ2n) is 6.07. The summed E-state index contributed by atoms with van der Waals surface area (Å²) in [7, 11) is 0. The number of benzene rings is 2. The lowest BCUT2D eigenvalue weighted by atomic mass is 10.1. The van der Waals surface area contributed by atoms with Crippen molar-refractivity contribution < 1.29 is 14.3 Å². The number of ether oxygens (including phenoxy) is 2. The van der Waals surface area contributed by atoms with Crippen molar-refractivity contribution in [1.82, 2.24) is 4.90 Å². The molecule has 0 amide bonds. The van der Waals surface area contributed by atoms with E-state index in [-0.39, 0.29) is 18.1 Å². The van der Waals surface area contributed by atoms with Gasteiger partial charge in [0.2, 0.25) is 0 Å². The Morgan fingerprint density at radius 2 is 1.71 bits per heavy atom. The lowest BCUT2D eigenvalue weighted by Crippen LogP contribution is -2.54. The minimum Gasteiger partial charge on any atom is -0.460 e. The fourth-order valence-corrected chi connectivity index (χ4v) is 3.03. The van der Waals surface area contributed by atoms with Crippen molar-refractivity contribution in [3.63, 3.8) is 0 Å². The Bertz CT molecular complexity index is 644. The molecule has 0 N–H and O–H groups in total. The zero-order valence-corrected chi connectivity index (χ0v) is 13.9. The summed E-state index contributed by atoms with van der Waals surface area (Å²) >= 11 is 0. The van der Waals surface area contributed by atoms with Crippen molar-refractivity contribution in [2.45, 2.75) is 32.2 Å². The Hall–Kier alpha value is -2.17. The van der Waals surface area contributed by atoms with E-state index in [1.807, 2.05) is 55.5 Å². The highest BCUT2D eigenvalue weighted by Crippen LogP contribution is 2.19. The molecular weight excluding hydrogens is 302 g/mol. The van der Waals surface area contributed by atoms with Crippen LogP contribution in [-0.4, -0.2) is 36.2 Å². The van der Waals surface area contributed by atoms with Crippen LogP contribution in [0.25, 0.3) is 0 Å². The molecule has 2 atom stereocenters. The third kappa shape index (κ3) is 4.22. The Morgan fingerprint density at radius 3 is 2.38 bits per heavy atom. The maximum atomic E-state index is 12.6. The first kappa shape index (κ1) is 16.7. The molecule has 2 aromatic rings. The molecule has 4 nitrogen and oxygen atoms in total. The molecule has 0 aromatic heterocycles. The SMILES string of the molecule is C[C@H]1OCCN(Cc2ccccc2)C1C(=O)OCc1ccccc1. The first-order chi connectivity index (χ1) is 11.7. The molecule has 2 aromatic carbocycles. The summed E-state index contributed by atoms with van der Waals surface area (Å²) in [5.74, 6) is -0.220. The molecule has 1 fully saturated rings. The van der Waals surface area contributed by atoms with Crippen LogP contribution in [0.15, 0.2) is 60.7 Å². The van der Waals surface area contributed by atoms with Gasteiger partial charge in [0, 0.05) is 13.1 Å². The average Bonchev–Trinajstić information content (AvgIpc) is 2.62. The number of hydrogen-bond donors (Lipinski definition) is 0. The number of esters is 1. The summed E-state index contributed by atoms with van der Waals surface area (Å²) in [4.78, 5) is 14.8. The second kappa shape index (κ2) is 8.08. The number of hydrogen-bond acceptors (Lipinski definition) is 4. The molecule has 3 rings (SSSR count). The van der Waals surface area contributed by atoms with E-state index in [4.69, 9.17) is 9.47 Å². The summed E-state index contributed by atoms with van der Waals surface area (Å²) in [6.45, 7) is 4.31. The van der Waals surface area contributed by atoms with Gasteiger partial charge in [-0.3, -0.25) is 9.69 Å². The summed E-state index contributed by atoms with van der Waals surface area (Å²) in [5.41, 5.74) is 2.18. The molecular formula is C20H23NO3. The molecule has 1 heterocycles. The van der Waals surface area contributed by atoms with Crippen LogP contribution in [0.5, 0.6) is 0 Å². The van der Waals surface area contributed by atoms with Crippen LogP contribution in [0, 0.1) is 0 Å². The molecule has 0 spiro atoms. The maximum absolute atomic E-state index is 12.6. The minimum absolute atomic E-state index is 0.175. The maximum Gasteiger partial charge on any atom is 0.326 e. The summed E-state index contributed by atoms with van der Waals surface area (Å²) in [6.07, 6.45) is -0.175. The van der Waals surface area contributed by atoms with E-state index < -0.39 is 0 Å². The topological polar surface area (TPSA) is 38.8 Å². The quantitative estimate of drug-likeness (QED) is 0.792. The zero-order chi connectivity index (χ0) is 16.8. The van der Waals surface area contributed by atoms with Crippen LogP contribution in [0.1, 0.15) is 18.1 Å². The Balaban J connectivity index is 1.66. The molecule has 126 valence electrons.